The predicted molar refractivity (Wildman–Crippen MR) is 99.7 cm³/mol. The third kappa shape index (κ3) is 6.44. The molecule has 1 aromatic carbocycles. The lowest BCUT2D eigenvalue weighted by atomic mass is 9.97. The molecule has 1 saturated heterocycles. The molecule has 5 atom stereocenters. The van der Waals surface area contributed by atoms with Crippen LogP contribution in [0.5, 0.6) is 5.75 Å². The maximum Gasteiger partial charge on any atom is 0.303 e. The zero-order valence-corrected chi connectivity index (χ0v) is 16.8. The lowest BCUT2D eigenvalue weighted by molar-refractivity contribution is -0.384. The van der Waals surface area contributed by atoms with Crippen molar-refractivity contribution in [1.29, 1.82) is 0 Å². The van der Waals surface area contributed by atoms with Crippen molar-refractivity contribution in [1.82, 2.24) is 0 Å². The molecule has 0 bridgehead atoms. The molecule has 31 heavy (non-hydrogen) atoms. The number of rotatable bonds is 8. The van der Waals surface area contributed by atoms with E-state index in [4.69, 9.17) is 29.2 Å². The first-order chi connectivity index (χ1) is 14.6. The molecule has 0 spiro atoms. The number of hydrogen-bond donors (Lipinski definition) is 0. The van der Waals surface area contributed by atoms with Crippen molar-refractivity contribution in [2.45, 2.75) is 51.5 Å². The molecule has 2 rings (SSSR count). The van der Waals surface area contributed by atoms with E-state index < -0.39 is 53.5 Å². The zero-order valence-electron chi connectivity index (χ0n) is 16.8. The average molecular weight is 438 g/mol. The summed E-state index contributed by atoms with van der Waals surface area (Å²) in [5, 5.41) is 13.8. The van der Waals surface area contributed by atoms with Gasteiger partial charge in [-0.3, -0.25) is 24.5 Å². The highest BCUT2D eigenvalue weighted by Crippen LogP contribution is 2.31. The van der Waals surface area contributed by atoms with Crippen LogP contribution in [0, 0.1) is 10.1 Å². The van der Waals surface area contributed by atoms with E-state index in [0.29, 0.717) is 0 Å². The summed E-state index contributed by atoms with van der Waals surface area (Å²) in [7, 11) is 0. The Labute approximate surface area is 176 Å². The minimum atomic E-state index is -1.40. The monoisotopic (exact) mass is 438 g/mol. The Morgan fingerprint density at radius 3 is 2.00 bits per heavy atom. The Morgan fingerprint density at radius 1 is 1.00 bits per heavy atom. The van der Waals surface area contributed by atoms with Gasteiger partial charge in [0.2, 0.25) is 12.4 Å². The van der Waals surface area contributed by atoms with Gasteiger partial charge in [-0.25, -0.2) is 0 Å². The van der Waals surface area contributed by atoms with Crippen molar-refractivity contribution in [3.05, 3.63) is 39.9 Å². The fraction of sp³-hybridized carbons (Fsp3) is 0.500. The van der Waals surface area contributed by atoms with E-state index in [1.165, 1.54) is 24.3 Å². The van der Waals surface area contributed by atoms with Crippen LogP contribution in [0.1, 0.15) is 20.8 Å². The molecular formula is C18H20N3O10-. The molecule has 5 unspecified atom stereocenters. The Hall–Kier alpha value is -3.61. The van der Waals surface area contributed by atoms with Crippen LogP contribution in [0.3, 0.4) is 0 Å². The van der Waals surface area contributed by atoms with Gasteiger partial charge in [-0.2, -0.15) is 0 Å². The molecular weight excluding hydrogens is 418 g/mol. The second-order valence-electron chi connectivity index (χ2n) is 6.46. The highest BCUT2D eigenvalue weighted by molar-refractivity contribution is 5.68. The highest BCUT2D eigenvalue weighted by Gasteiger charge is 2.52. The summed E-state index contributed by atoms with van der Waals surface area (Å²) < 4.78 is 27.0. The molecule has 1 aliphatic rings. The van der Waals surface area contributed by atoms with Crippen molar-refractivity contribution in [2.24, 2.45) is 5.11 Å². The van der Waals surface area contributed by atoms with E-state index in [1.54, 1.807) is 0 Å². The van der Waals surface area contributed by atoms with Gasteiger partial charge >= 0.3 is 17.9 Å². The number of ether oxygens (including phenoxy) is 5. The number of carbonyl (C=O) groups is 3. The van der Waals surface area contributed by atoms with E-state index >= 15 is 0 Å². The molecule has 0 amide bonds. The first-order valence-corrected chi connectivity index (χ1v) is 9.01. The molecule has 0 aliphatic carbocycles. The van der Waals surface area contributed by atoms with Gasteiger partial charge in [-0.1, -0.05) is 0 Å². The number of nitro benzene ring substituents is 1. The van der Waals surface area contributed by atoms with Crippen LogP contribution in [0.2, 0.25) is 0 Å². The summed E-state index contributed by atoms with van der Waals surface area (Å²) in [6.45, 7) is 2.92. The lowest BCUT2D eigenvalue weighted by Crippen LogP contribution is -2.63. The minimum Gasteiger partial charge on any atom is -0.712 e. The second-order valence-corrected chi connectivity index (χ2v) is 6.46. The molecule has 168 valence electrons. The molecule has 0 N–H and O–H groups in total. The summed E-state index contributed by atoms with van der Waals surface area (Å²) in [6.07, 6.45) is -6.54. The van der Waals surface area contributed by atoms with E-state index in [2.05, 4.69) is 5.11 Å². The molecule has 13 nitrogen and oxygen atoms in total. The van der Waals surface area contributed by atoms with Gasteiger partial charge in [-0.05, 0) is 12.1 Å². The number of nitrogens with zero attached hydrogens (tertiary/aromatic N) is 3. The first-order valence-electron chi connectivity index (χ1n) is 9.01. The normalized spacial score (nSPS) is 25.1. The largest absolute Gasteiger partial charge is 0.712 e. The van der Waals surface area contributed by atoms with Crippen LogP contribution in [0.15, 0.2) is 29.4 Å². The summed E-state index contributed by atoms with van der Waals surface area (Å²) in [5.74, 6) is -2.17. The van der Waals surface area contributed by atoms with E-state index in [1.807, 2.05) is 0 Å². The Balaban J connectivity index is 2.41. The molecule has 0 aromatic heterocycles. The molecule has 0 saturated carbocycles. The SMILES string of the molecule is CC(=O)OC1C(CN=[N-])OC(Oc2ccc([N+](=O)[O-])cc2)C(OC(C)=O)C1OC(C)=O. The maximum atomic E-state index is 11.7. The van der Waals surface area contributed by atoms with Crippen LogP contribution < -0.4 is 4.74 Å². The quantitative estimate of drug-likeness (QED) is 0.190. The van der Waals surface area contributed by atoms with Gasteiger partial charge in [0.15, 0.2) is 12.2 Å². The lowest BCUT2D eigenvalue weighted by Gasteiger charge is -2.44. The number of hydrogen-bond acceptors (Lipinski definition) is 11. The van der Waals surface area contributed by atoms with Crippen molar-refractivity contribution in [2.75, 3.05) is 6.54 Å². The summed E-state index contributed by atoms with van der Waals surface area (Å²) >= 11 is 0. The number of non-ortho nitro benzene ring substituents is 1. The van der Waals surface area contributed by atoms with Crippen LogP contribution in [-0.2, 0) is 33.3 Å². The van der Waals surface area contributed by atoms with Gasteiger partial charge in [0, 0.05) is 39.4 Å². The standard InChI is InChI=1S/C18H20N3O10/c1-9(22)27-15-14(8-20-19)31-18(17(29-11(3)24)16(15)28-10(2)23)30-13-6-4-12(5-7-13)21(25)26/h4-7,14-18H,8H2,1-3H3/q-1. The number of carbonyl (C=O) groups excluding carboxylic acids is 3. The highest BCUT2D eigenvalue weighted by atomic mass is 16.7. The second kappa shape index (κ2) is 10.4. The van der Waals surface area contributed by atoms with Gasteiger partial charge in [0.25, 0.3) is 5.69 Å². The van der Waals surface area contributed by atoms with E-state index in [9.17, 15) is 24.5 Å². The van der Waals surface area contributed by atoms with Crippen molar-refractivity contribution < 1.29 is 43.0 Å². The van der Waals surface area contributed by atoms with E-state index in [-0.39, 0.29) is 18.0 Å². The zero-order chi connectivity index (χ0) is 23.1. The fourth-order valence-corrected chi connectivity index (χ4v) is 2.96. The maximum absolute atomic E-state index is 11.7. The summed E-state index contributed by atoms with van der Waals surface area (Å²) in [4.78, 5) is 45.2. The van der Waals surface area contributed by atoms with Crippen LogP contribution in [0.25, 0.3) is 5.53 Å². The number of benzene rings is 1. The first kappa shape index (κ1) is 23.7. The third-order valence-electron chi connectivity index (χ3n) is 4.06. The van der Waals surface area contributed by atoms with Crippen molar-refractivity contribution in [3.63, 3.8) is 0 Å². The molecule has 1 aliphatic heterocycles. The third-order valence-corrected chi connectivity index (χ3v) is 4.06. The van der Waals surface area contributed by atoms with Gasteiger partial charge in [0.05, 0.1) is 4.92 Å². The number of esters is 3. The van der Waals surface area contributed by atoms with Gasteiger partial charge < -0.3 is 34.3 Å². The Kier molecular flexibility index (Phi) is 7.96. The van der Waals surface area contributed by atoms with Gasteiger partial charge in [-0.15, -0.1) is 0 Å². The van der Waals surface area contributed by atoms with Crippen LogP contribution in [0.4, 0.5) is 5.69 Å². The van der Waals surface area contributed by atoms with Crippen LogP contribution in [-0.4, -0.2) is 60.1 Å². The van der Waals surface area contributed by atoms with Crippen molar-refractivity contribution in [3.8, 4) is 5.75 Å². The fourth-order valence-electron chi connectivity index (χ4n) is 2.96. The minimum absolute atomic E-state index is 0.111. The molecule has 13 heteroatoms. The van der Waals surface area contributed by atoms with Crippen molar-refractivity contribution >= 4 is 23.6 Å². The summed E-state index contributed by atoms with van der Waals surface area (Å²) in [5.41, 5.74) is 8.83. The molecule has 1 fully saturated rings. The predicted octanol–water partition coefficient (Wildman–Crippen LogP) is 1.52. The Morgan fingerprint density at radius 2 is 1.52 bits per heavy atom. The van der Waals surface area contributed by atoms with Gasteiger partial charge in [0.1, 0.15) is 11.9 Å². The molecule has 1 aromatic rings. The average Bonchev–Trinajstić information content (AvgIpc) is 2.67. The Bertz CT molecular complexity index is 843. The van der Waals surface area contributed by atoms with E-state index in [0.717, 1.165) is 20.8 Å². The molecule has 0 radical (unpaired) electrons. The summed E-state index contributed by atoms with van der Waals surface area (Å²) in [6, 6.07) is 4.95. The number of nitro groups is 1. The molecule has 1 heterocycles. The smallest absolute Gasteiger partial charge is 0.303 e. The van der Waals surface area contributed by atoms with Crippen LogP contribution >= 0.6 is 0 Å². The topological polar surface area (TPSA) is 175 Å².